The highest BCUT2D eigenvalue weighted by molar-refractivity contribution is 7.92. The van der Waals surface area contributed by atoms with Crippen molar-refractivity contribution in [2.75, 3.05) is 4.72 Å². The van der Waals surface area contributed by atoms with Crippen molar-refractivity contribution >= 4 is 50.2 Å². The Bertz CT molecular complexity index is 1300. The number of rotatable bonds is 5. The van der Waals surface area contributed by atoms with Crippen LogP contribution < -0.4 is 4.72 Å². The predicted octanol–water partition coefficient (Wildman–Crippen LogP) is 6.89. The van der Waals surface area contributed by atoms with Crippen LogP contribution in [0.2, 0.25) is 10.0 Å². The number of aryl methyl sites for hydroxylation is 1. The molecule has 4 aromatic rings. The van der Waals surface area contributed by atoms with Crippen molar-refractivity contribution in [3.63, 3.8) is 0 Å². The molecule has 3 aromatic carbocycles. The molecule has 0 unspecified atom stereocenters. The van der Waals surface area contributed by atoms with Crippen molar-refractivity contribution in [3.05, 3.63) is 87.7 Å². The fourth-order valence-electron chi connectivity index (χ4n) is 2.88. The molecule has 0 aliphatic heterocycles. The number of benzene rings is 3. The lowest BCUT2D eigenvalue weighted by Crippen LogP contribution is -2.13. The number of sulfonamides is 1. The molecule has 1 heterocycles. The van der Waals surface area contributed by atoms with Crippen molar-refractivity contribution < 1.29 is 8.42 Å². The molecule has 152 valence electrons. The SMILES string of the molecule is Cc1cc(S(=O)(=O)Nc2ccc(-c3csc(-c4ccccc4)n3)cc2)c(Cl)cc1Cl. The number of hydrogen-bond donors (Lipinski definition) is 1. The Morgan fingerprint density at radius 1 is 0.900 bits per heavy atom. The van der Waals surface area contributed by atoms with Gasteiger partial charge >= 0.3 is 0 Å². The number of aromatic nitrogens is 1. The Labute approximate surface area is 189 Å². The van der Waals surface area contributed by atoms with Gasteiger partial charge in [0, 0.05) is 27.2 Å². The van der Waals surface area contributed by atoms with Crippen LogP contribution in [0.1, 0.15) is 5.56 Å². The van der Waals surface area contributed by atoms with E-state index in [2.05, 4.69) is 9.71 Å². The molecular formula is C22H16Cl2N2O2S2. The summed E-state index contributed by atoms with van der Waals surface area (Å²) in [6.45, 7) is 1.73. The lowest BCUT2D eigenvalue weighted by Gasteiger charge is -2.11. The molecule has 0 atom stereocenters. The van der Waals surface area contributed by atoms with E-state index in [1.54, 1.807) is 30.4 Å². The second-order valence-electron chi connectivity index (χ2n) is 6.62. The van der Waals surface area contributed by atoms with E-state index in [-0.39, 0.29) is 9.92 Å². The first-order valence-electron chi connectivity index (χ1n) is 8.93. The number of nitrogens with zero attached hydrogens (tertiary/aromatic N) is 1. The molecule has 0 spiro atoms. The number of thiazole rings is 1. The van der Waals surface area contributed by atoms with Crippen LogP contribution in [0.25, 0.3) is 21.8 Å². The summed E-state index contributed by atoms with van der Waals surface area (Å²) < 4.78 is 28.1. The third kappa shape index (κ3) is 4.37. The van der Waals surface area contributed by atoms with E-state index in [4.69, 9.17) is 23.2 Å². The van der Waals surface area contributed by atoms with Crippen LogP contribution in [0, 0.1) is 6.92 Å². The van der Waals surface area contributed by atoms with Crippen molar-refractivity contribution in [3.8, 4) is 21.8 Å². The second kappa shape index (κ2) is 8.40. The Kier molecular flexibility index (Phi) is 5.84. The van der Waals surface area contributed by atoms with Gasteiger partial charge in [0.25, 0.3) is 10.0 Å². The Morgan fingerprint density at radius 3 is 2.30 bits per heavy atom. The lowest BCUT2D eigenvalue weighted by molar-refractivity contribution is 0.601. The van der Waals surface area contributed by atoms with E-state index < -0.39 is 10.0 Å². The minimum Gasteiger partial charge on any atom is -0.280 e. The van der Waals surface area contributed by atoms with Gasteiger partial charge in [-0.3, -0.25) is 4.72 Å². The molecule has 0 saturated carbocycles. The highest BCUT2D eigenvalue weighted by Gasteiger charge is 2.19. The van der Waals surface area contributed by atoms with Gasteiger partial charge in [-0.2, -0.15) is 0 Å². The first-order valence-corrected chi connectivity index (χ1v) is 12.1. The van der Waals surface area contributed by atoms with Gasteiger partial charge in [-0.1, -0.05) is 65.7 Å². The molecule has 1 aromatic heterocycles. The molecule has 4 nitrogen and oxygen atoms in total. The monoisotopic (exact) mass is 474 g/mol. The number of hydrogen-bond acceptors (Lipinski definition) is 4. The van der Waals surface area contributed by atoms with E-state index in [1.807, 2.05) is 47.8 Å². The fraction of sp³-hybridized carbons (Fsp3) is 0.0455. The number of halogens is 2. The van der Waals surface area contributed by atoms with Crippen molar-refractivity contribution in [1.82, 2.24) is 4.98 Å². The standard InChI is InChI=1S/C22H16Cl2N2O2S2/c1-14-11-21(19(24)12-18(14)23)30(27,28)26-17-9-7-15(8-10-17)20-13-29-22(25-20)16-5-3-2-4-6-16/h2-13,26H,1H3. The van der Waals surface area contributed by atoms with Crippen LogP contribution in [0.3, 0.4) is 0 Å². The van der Waals surface area contributed by atoms with Gasteiger partial charge < -0.3 is 0 Å². The Hall–Kier alpha value is -2.38. The summed E-state index contributed by atoms with van der Waals surface area (Å²) in [5.74, 6) is 0. The van der Waals surface area contributed by atoms with Gasteiger partial charge in [0.05, 0.1) is 10.7 Å². The Balaban J connectivity index is 1.56. The average molecular weight is 475 g/mol. The average Bonchev–Trinajstić information content (AvgIpc) is 3.22. The summed E-state index contributed by atoms with van der Waals surface area (Å²) in [4.78, 5) is 4.67. The summed E-state index contributed by atoms with van der Waals surface area (Å²) in [6.07, 6.45) is 0. The molecule has 1 N–H and O–H groups in total. The third-order valence-electron chi connectivity index (χ3n) is 4.46. The molecule has 30 heavy (non-hydrogen) atoms. The molecule has 4 rings (SSSR count). The smallest absolute Gasteiger partial charge is 0.263 e. The first kappa shape index (κ1) is 20.9. The van der Waals surface area contributed by atoms with E-state index in [9.17, 15) is 8.42 Å². The minimum absolute atomic E-state index is 0.0119. The number of nitrogens with one attached hydrogen (secondary N) is 1. The van der Waals surface area contributed by atoms with Gasteiger partial charge in [-0.15, -0.1) is 11.3 Å². The van der Waals surface area contributed by atoms with Crippen LogP contribution in [0.4, 0.5) is 5.69 Å². The molecule has 0 radical (unpaired) electrons. The summed E-state index contributed by atoms with van der Waals surface area (Å²) in [5, 5.41) is 3.41. The van der Waals surface area contributed by atoms with Gasteiger partial charge in [-0.05, 0) is 36.8 Å². The van der Waals surface area contributed by atoms with Crippen LogP contribution in [0.5, 0.6) is 0 Å². The summed E-state index contributed by atoms with van der Waals surface area (Å²) >= 11 is 13.7. The molecule has 8 heteroatoms. The summed E-state index contributed by atoms with van der Waals surface area (Å²) in [5.41, 5.74) is 3.87. The molecule has 0 fully saturated rings. The highest BCUT2D eigenvalue weighted by atomic mass is 35.5. The van der Waals surface area contributed by atoms with E-state index in [0.29, 0.717) is 16.3 Å². The van der Waals surface area contributed by atoms with Crippen LogP contribution in [-0.2, 0) is 10.0 Å². The van der Waals surface area contributed by atoms with Crippen LogP contribution in [-0.4, -0.2) is 13.4 Å². The van der Waals surface area contributed by atoms with Gasteiger partial charge in [0.2, 0.25) is 0 Å². The predicted molar refractivity (Wildman–Crippen MR) is 125 cm³/mol. The number of anilines is 1. The summed E-state index contributed by atoms with van der Waals surface area (Å²) in [6, 6.07) is 19.9. The molecule has 0 aliphatic rings. The maximum atomic E-state index is 12.8. The van der Waals surface area contributed by atoms with E-state index in [0.717, 1.165) is 21.8 Å². The molecule has 0 bridgehead atoms. The third-order valence-corrected chi connectivity index (χ3v) is 7.61. The van der Waals surface area contributed by atoms with Crippen molar-refractivity contribution in [1.29, 1.82) is 0 Å². The van der Waals surface area contributed by atoms with Gasteiger partial charge in [0.15, 0.2) is 0 Å². The van der Waals surface area contributed by atoms with E-state index in [1.165, 1.54) is 12.1 Å². The van der Waals surface area contributed by atoms with Gasteiger partial charge in [0.1, 0.15) is 9.90 Å². The summed E-state index contributed by atoms with van der Waals surface area (Å²) in [7, 11) is -3.85. The van der Waals surface area contributed by atoms with Crippen LogP contribution in [0.15, 0.2) is 77.0 Å². The van der Waals surface area contributed by atoms with E-state index >= 15 is 0 Å². The minimum atomic E-state index is -3.85. The first-order chi connectivity index (χ1) is 14.3. The highest BCUT2D eigenvalue weighted by Crippen LogP contribution is 2.31. The van der Waals surface area contributed by atoms with Crippen molar-refractivity contribution in [2.45, 2.75) is 11.8 Å². The van der Waals surface area contributed by atoms with Crippen LogP contribution >= 0.6 is 34.5 Å². The zero-order valence-corrected chi connectivity index (χ0v) is 18.9. The zero-order valence-electron chi connectivity index (χ0n) is 15.8. The largest absolute Gasteiger partial charge is 0.280 e. The Morgan fingerprint density at radius 2 is 1.60 bits per heavy atom. The topological polar surface area (TPSA) is 59.1 Å². The maximum Gasteiger partial charge on any atom is 0.263 e. The van der Waals surface area contributed by atoms with Crippen molar-refractivity contribution in [2.24, 2.45) is 0 Å². The second-order valence-corrected chi connectivity index (χ2v) is 9.94. The molecular weight excluding hydrogens is 459 g/mol. The van der Waals surface area contributed by atoms with Gasteiger partial charge in [-0.25, -0.2) is 13.4 Å². The zero-order chi connectivity index (χ0) is 21.3. The quantitative estimate of drug-likeness (QED) is 0.342. The lowest BCUT2D eigenvalue weighted by atomic mass is 10.1. The fourth-order valence-corrected chi connectivity index (χ4v) is 5.60. The molecule has 0 amide bonds. The normalized spacial score (nSPS) is 11.4. The molecule has 0 saturated heterocycles. The molecule has 0 aliphatic carbocycles. The maximum absolute atomic E-state index is 12.8.